The minimum absolute atomic E-state index is 0.0833. The molecule has 1 atom stereocenters. The highest BCUT2D eigenvalue weighted by Crippen LogP contribution is 2.16. The minimum atomic E-state index is -0.765. The second-order valence-electron chi connectivity index (χ2n) is 6.50. The Hall–Kier alpha value is -2.53. The van der Waals surface area contributed by atoms with Crippen LogP contribution in [0.1, 0.15) is 25.8 Å². The maximum absolute atomic E-state index is 12.7. The van der Waals surface area contributed by atoms with Crippen molar-refractivity contribution in [2.75, 3.05) is 6.61 Å². The molecule has 0 aliphatic carbocycles. The van der Waals surface area contributed by atoms with Gasteiger partial charge in [0.25, 0.3) is 0 Å². The molecule has 0 aliphatic heterocycles. The fourth-order valence-electron chi connectivity index (χ4n) is 3.20. The molecular formula is C21H26N2O3. The first-order valence-electron chi connectivity index (χ1n) is 9.21. The maximum atomic E-state index is 12.7. The van der Waals surface area contributed by atoms with Crippen LogP contribution in [0.3, 0.4) is 0 Å². The largest absolute Gasteiger partial charge is 0.491 e. The van der Waals surface area contributed by atoms with Crippen molar-refractivity contribution < 1.29 is 9.84 Å². The molecule has 0 saturated carbocycles. The molecule has 138 valence electrons. The van der Waals surface area contributed by atoms with Crippen LogP contribution in [-0.2, 0) is 19.5 Å². The topological polar surface area (TPSA) is 56.4 Å². The molecule has 1 aromatic heterocycles. The highest BCUT2D eigenvalue weighted by atomic mass is 16.5. The summed E-state index contributed by atoms with van der Waals surface area (Å²) >= 11 is 0. The summed E-state index contributed by atoms with van der Waals surface area (Å²) in [4.78, 5) is 12.7. The van der Waals surface area contributed by atoms with Gasteiger partial charge in [-0.2, -0.15) is 0 Å². The van der Waals surface area contributed by atoms with Gasteiger partial charge in [0, 0.05) is 6.54 Å². The minimum Gasteiger partial charge on any atom is -0.491 e. The zero-order valence-corrected chi connectivity index (χ0v) is 15.4. The third-order valence-corrected chi connectivity index (χ3v) is 4.51. The van der Waals surface area contributed by atoms with Crippen LogP contribution in [0.5, 0.6) is 5.75 Å². The second kappa shape index (κ2) is 8.23. The molecule has 5 nitrogen and oxygen atoms in total. The predicted octanol–water partition coefficient (Wildman–Crippen LogP) is 3.22. The van der Waals surface area contributed by atoms with E-state index in [1.165, 1.54) is 5.56 Å². The standard InChI is InChI=1S/C21H26N2O3/c1-3-12-22-19-10-5-6-11-20(19)23(21(22)25)14-17(24)15-26-18-9-7-8-16(4-2)13-18/h5-11,13,17,24H,3-4,12,14-15H2,1-2H3. The smallest absolute Gasteiger partial charge is 0.329 e. The summed E-state index contributed by atoms with van der Waals surface area (Å²) < 4.78 is 9.13. The van der Waals surface area contributed by atoms with Crippen LogP contribution in [0.4, 0.5) is 0 Å². The molecule has 0 saturated heterocycles. The average molecular weight is 354 g/mol. The fraction of sp³-hybridized carbons (Fsp3) is 0.381. The summed E-state index contributed by atoms with van der Waals surface area (Å²) in [7, 11) is 0. The number of aliphatic hydroxyl groups is 1. The number of hydrogen-bond donors (Lipinski definition) is 1. The number of rotatable bonds is 8. The molecule has 1 heterocycles. The molecule has 5 heteroatoms. The van der Waals surface area contributed by atoms with Gasteiger partial charge in [0.2, 0.25) is 0 Å². The number of nitrogens with zero attached hydrogens (tertiary/aromatic N) is 2. The van der Waals surface area contributed by atoms with E-state index in [2.05, 4.69) is 6.92 Å². The summed E-state index contributed by atoms with van der Waals surface area (Å²) in [5.41, 5.74) is 2.86. The average Bonchev–Trinajstić information content (AvgIpc) is 2.93. The van der Waals surface area contributed by atoms with Gasteiger partial charge in [-0.15, -0.1) is 0 Å². The van der Waals surface area contributed by atoms with Crippen LogP contribution in [0.25, 0.3) is 11.0 Å². The highest BCUT2D eigenvalue weighted by Gasteiger charge is 2.15. The Balaban J connectivity index is 1.76. The van der Waals surface area contributed by atoms with Crippen molar-refractivity contribution in [3.63, 3.8) is 0 Å². The molecule has 1 unspecified atom stereocenters. The third-order valence-electron chi connectivity index (χ3n) is 4.51. The van der Waals surface area contributed by atoms with Crippen molar-refractivity contribution in [1.29, 1.82) is 0 Å². The van der Waals surface area contributed by atoms with E-state index in [9.17, 15) is 9.90 Å². The summed E-state index contributed by atoms with van der Waals surface area (Å²) in [6, 6.07) is 15.6. The number of ether oxygens (including phenoxy) is 1. The number of aliphatic hydroxyl groups excluding tert-OH is 1. The second-order valence-corrected chi connectivity index (χ2v) is 6.50. The molecule has 0 amide bonds. The van der Waals surface area contributed by atoms with Crippen molar-refractivity contribution in [2.45, 2.75) is 45.9 Å². The summed E-state index contributed by atoms with van der Waals surface area (Å²) in [6.07, 6.45) is 1.05. The lowest BCUT2D eigenvalue weighted by molar-refractivity contribution is 0.0924. The Labute approximate surface area is 153 Å². The Kier molecular flexibility index (Phi) is 5.78. The van der Waals surface area contributed by atoms with Crippen molar-refractivity contribution in [3.8, 4) is 5.75 Å². The van der Waals surface area contributed by atoms with Crippen LogP contribution in [0.2, 0.25) is 0 Å². The predicted molar refractivity (Wildman–Crippen MR) is 104 cm³/mol. The van der Waals surface area contributed by atoms with E-state index in [0.717, 1.165) is 29.6 Å². The number of aryl methyl sites for hydroxylation is 2. The Bertz CT molecular complexity index is 926. The van der Waals surface area contributed by atoms with Gasteiger partial charge in [0.1, 0.15) is 18.5 Å². The van der Waals surface area contributed by atoms with Crippen LogP contribution in [0, 0.1) is 0 Å². The number of aromatic nitrogens is 2. The van der Waals surface area contributed by atoms with Gasteiger partial charge in [-0.05, 0) is 42.7 Å². The molecule has 0 aliphatic rings. The zero-order chi connectivity index (χ0) is 18.5. The van der Waals surface area contributed by atoms with Gasteiger partial charge in [-0.25, -0.2) is 4.79 Å². The summed E-state index contributed by atoms with van der Waals surface area (Å²) in [5.74, 6) is 0.740. The molecule has 26 heavy (non-hydrogen) atoms. The van der Waals surface area contributed by atoms with Crippen LogP contribution < -0.4 is 10.4 Å². The molecule has 1 N–H and O–H groups in total. The number of benzene rings is 2. The lowest BCUT2D eigenvalue weighted by Crippen LogP contribution is -2.31. The maximum Gasteiger partial charge on any atom is 0.329 e. The van der Waals surface area contributed by atoms with Crippen LogP contribution in [-0.4, -0.2) is 27.0 Å². The molecule has 0 fully saturated rings. The number of para-hydroxylation sites is 2. The van der Waals surface area contributed by atoms with Gasteiger partial charge in [0.15, 0.2) is 0 Å². The van der Waals surface area contributed by atoms with Crippen molar-refractivity contribution in [2.24, 2.45) is 0 Å². The lowest BCUT2D eigenvalue weighted by atomic mass is 10.2. The SMILES string of the molecule is CCCn1c(=O)n(CC(O)COc2cccc(CC)c2)c2ccccc21. The van der Waals surface area contributed by atoms with E-state index < -0.39 is 6.10 Å². The van der Waals surface area contributed by atoms with Gasteiger partial charge >= 0.3 is 5.69 Å². The molecule has 0 radical (unpaired) electrons. The molecule has 0 spiro atoms. The highest BCUT2D eigenvalue weighted by molar-refractivity contribution is 5.76. The zero-order valence-electron chi connectivity index (χ0n) is 15.4. The molecule has 2 aromatic carbocycles. The van der Waals surface area contributed by atoms with Crippen molar-refractivity contribution in [1.82, 2.24) is 9.13 Å². The first-order chi connectivity index (χ1) is 12.6. The quantitative estimate of drug-likeness (QED) is 0.676. The Morgan fingerprint density at radius 1 is 1.04 bits per heavy atom. The number of imidazole rings is 1. The normalized spacial score (nSPS) is 12.4. The third kappa shape index (κ3) is 3.83. The van der Waals surface area contributed by atoms with E-state index in [0.29, 0.717) is 6.54 Å². The molecule has 3 rings (SSSR count). The van der Waals surface area contributed by atoms with E-state index in [-0.39, 0.29) is 18.8 Å². The lowest BCUT2D eigenvalue weighted by Gasteiger charge is -2.13. The van der Waals surface area contributed by atoms with E-state index in [4.69, 9.17) is 4.74 Å². The molecular weight excluding hydrogens is 328 g/mol. The van der Waals surface area contributed by atoms with Gasteiger partial charge in [-0.3, -0.25) is 9.13 Å². The first kappa shape index (κ1) is 18.3. The van der Waals surface area contributed by atoms with Gasteiger partial charge in [-0.1, -0.05) is 38.1 Å². The van der Waals surface area contributed by atoms with Gasteiger partial charge < -0.3 is 9.84 Å². The van der Waals surface area contributed by atoms with Crippen molar-refractivity contribution >= 4 is 11.0 Å². The Morgan fingerprint density at radius 3 is 2.46 bits per heavy atom. The van der Waals surface area contributed by atoms with Crippen molar-refractivity contribution in [3.05, 3.63) is 64.6 Å². The van der Waals surface area contributed by atoms with Gasteiger partial charge in [0.05, 0.1) is 17.6 Å². The summed E-state index contributed by atoms with van der Waals surface area (Å²) in [5, 5.41) is 10.4. The Morgan fingerprint density at radius 2 is 1.77 bits per heavy atom. The van der Waals surface area contributed by atoms with E-state index >= 15 is 0 Å². The number of hydrogen-bond acceptors (Lipinski definition) is 3. The van der Waals surface area contributed by atoms with E-state index in [1.807, 2.05) is 55.5 Å². The molecule has 3 aromatic rings. The number of fused-ring (bicyclic) bond motifs is 1. The van der Waals surface area contributed by atoms with Crippen LogP contribution in [0.15, 0.2) is 53.3 Å². The first-order valence-corrected chi connectivity index (χ1v) is 9.21. The monoisotopic (exact) mass is 354 g/mol. The summed E-state index contributed by atoms with van der Waals surface area (Å²) in [6.45, 7) is 5.16. The fourth-order valence-corrected chi connectivity index (χ4v) is 3.20. The van der Waals surface area contributed by atoms with Crippen LogP contribution >= 0.6 is 0 Å². The molecule has 0 bridgehead atoms. The van der Waals surface area contributed by atoms with E-state index in [1.54, 1.807) is 9.13 Å².